The SMILES string of the molecule is C=C/C(=C\C(CCC1=CCC(C2CCC(c3cccc(C4CCN4)c3)=C3C=CCCC32)CC1)C1=CC=CCC1)C1C=CC=CC1. The maximum absolute atomic E-state index is 4.22. The lowest BCUT2D eigenvalue weighted by Gasteiger charge is -2.42. The first-order valence-corrected chi connectivity index (χ1v) is 18.2. The highest BCUT2D eigenvalue weighted by Gasteiger charge is 2.37. The lowest BCUT2D eigenvalue weighted by atomic mass is 9.63. The number of fused-ring (bicyclic) bond motifs is 1. The second-order valence-electron chi connectivity index (χ2n) is 14.4. The number of nitrogens with one attached hydrogen (secondary N) is 1. The van der Waals surface area contributed by atoms with Crippen molar-refractivity contribution < 1.29 is 0 Å². The molecule has 0 amide bonds. The van der Waals surface area contributed by atoms with E-state index in [1.165, 1.54) is 93.7 Å². The van der Waals surface area contributed by atoms with Crippen LogP contribution in [0.2, 0.25) is 0 Å². The third-order valence-corrected chi connectivity index (χ3v) is 11.9. The second kappa shape index (κ2) is 14.5. The monoisotopic (exact) mass is 595 g/mol. The maximum Gasteiger partial charge on any atom is 0.0332 e. The van der Waals surface area contributed by atoms with Gasteiger partial charge >= 0.3 is 0 Å². The van der Waals surface area contributed by atoms with E-state index in [2.05, 4.69) is 109 Å². The standard InChI is InChI=1S/C44H53N/c1-2-33(34-12-5-3-6-13-34)30-37(35-14-7-4-8-15-35)25-22-32-20-23-36(24-21-32)40-26-27-41(43-19-10-9-18-42(40)43)38-16-11-17-39(31-38)44-28-29-45-44/h2-7,10-12,14,16-17,19-20,30-31,34,36-37,40,42,44-45H,1,8-9,13,15,18,21-29H2/b33-30+. The van der Waals surface area contributed by atoms with Crippen molar-refractivity contribution in [2.75, 3.05) is 6.54 Å². The topological polar surface area (TPSA) is 12.0 Å². The summed E-state index contributed by atoms with van der Waals surface area (Å²) in [6.07, 6.45) is 44.7. The fraction of sp³-hybridized carbons (Fsp3) is 0.455. The summed E-state index contributed by atoms with van der Waals surface area (Å²) in [7, 11) is 0. The second-order valence-corrected chi connectivity index (χ2v) is 14.4. The molecule has 0 radical (unpaired) electrons. The molecule has 45 heavy (non-hydrogen) atoms. The summed E-state index contributed by atoms with van der Waals surface area (Å²) in [5.41, 5.74) is 11.0. The van der Waals surface area contributed by atoms with Crippen LogP contribution < -0.4 is 5.32 Å². The van der Waals surface area contributed by atoms with Crippen molar-refractivity contribution in [1.29, 1.82) is 0 Å². The molecule has 1 nitrogen and oxygen atoms in total. The molecule has 1 fully saturated rings. The molecule has 6 aliphatic rings. The molecule has 7 rings (SSSR count). The molecule has 6 atom stereocenters. The van der Waals surface area contributed by atoms with Crippen molar-refractivity contribution in [3.63, 3.8) is 0 Å². The van der Waals surface area contributed by atoms with Gasteiger partial charge in [-0.2, -0.15) is 0 Å². The van der Waals surface area contributed by atoms with Gasteiger partial charge in [0.1, 0.15) is 0 Å². The molecule has 0 saturated carbocycles. The summed E-state index contributed by atoms with van der Waals surface area (Å²) < 4.78 is 0. The van der Waals surface area contributed by atoms with Crippen LogP contribution in [0.15, 0.2) is 126 Å². The third-order valence-electron chi connectivity index (χ3n) is 11.9. The minimum absolute atomic E-state index is 0.470. The first kappa shape index (κ1) is 30.5. The first-order valence-electron chi connectivity index (χ1n) is 18.2. The van der Waals surface area contributed by atoms with E-state index in [0.29, 0.717) is 17.9 Å². The summed E-state index contributed by atoms with van der Waals surface area (Å²) in [6, 6.07) is 10.1. The minimum Gasteiger partial charge on any atom is -0.310 e. The Labute approximate surface area is 273 Å². The molecule has 1 aromatic rings. The van der Waals surface area contributed by atoms with E-state index in [4.69, 9.17) is 0 Å². The maximum atomic E-state index is 4.22. The Balaban J connectivity index is 1.03. The van der Waals surface area contributed by atoms with Gasteiger partial charge in [0, 0.05) is 12.0 Å². The molecule has 1 aliphatic heterocycles. The number of hydrogen-bond acceptors (Lipinski definition) is 1. The predicted octanol–water partition coefficient (Wildman–Crippen LogP) is 11.5. The Morgan fingerprint density at radius 1 is 0.956 bits per heavy atom. The highest BCUT2D eigenvalue weighted by molar-refractivity contribution is 5.73. The van der Waals surface area contributed by atoms with E-state index >= 15 is 0 Å². The molecule has 1 heteroatoms. The van der Waals surface area contributed by atoms with Crippen LogP contribution in [0.5, 0.6) is 0 Å². The van der Waals surface area contributed by atoms with Gasteiger partial charge in [-0.1, -0.05) is 109 Å². The molecule has 0 aromatic heterocycles. The van der Waals surface area contributed by atoms with Crippen LogP contribution >= 0.6 is 0 Å². The van der Waals surface area contributed by atoms with Gasteiger partial charge in [0.15, 0.2) is 0 Å². The molecule has 5 aliphatic carbocycles. The van der Waals surface area contributed by atoms with E-state index in [-0.39, 0.29) is 0 Å². The molecule has 234 valence electrons. The fourth-order valence-corrected chi connectivity index (χ4v) is 9.16. The highest BCUT2D eigenvalue weighted by atomic mass is 15.0. The zero-order chi connectivity index (χ0) is 30.4. The van der Waals surface area contributed by atoms with Crippen molar-refractivity contribution in [3.8, 4) is 0 Å². The first-order chi connectivity index (χ1) is 22.3. The molecular formula is C44H53N. The van der Waals surface area contributed by atoms with Gasteiger partial charge in [0.25, 0.3) is 0 Å². The Morgan fingerprint density at radius 2 is 1.91 bits per heavy atom. The normalized spacial score (nSPS) is 30.3. The number of rotatable bonds is 10. The predicted molar refractivity (Wildman–Crippen MR) is 193 cm³/mol. The largest absolute Gasteiger partial charge is 0.310 e. The zero-order valence-electron chi connectivity index (χ0n) is 27.3. The lowest BCUT2D eigenvalue weighted by Crippen LogP contribution is -2.35. The average molecular weight is 596 g/mol. The summed E-state index contributed by atoms with van der Waals surface area (Å²) in [6.45, 7) is 5.38. The zero-order valence-corrected chi connectivity index (χ0v) is 27.3. The van der Waals surface area contributed by atoms with Crippen LogP contribution in [0.3, 0.4) is 0 Å². The Morgan fingerprint density at radius 3 is 2.67 bits per heavy atom. The van der Waals surface area contributed by atoms with E-state index in [1.54, 1.807) is 22.3 Å². The number of hydrogen-bond donors (Lipinski definition) is 1. The van der Waals surface area contributed by atoms with E-state index in [1.807, 2.05) is 0 Å². The average Bonchev–Trinajstić information content (AvgIpc) is 3.08. The Kier molecular flexibility index (Phi) is 9.83. The summed E-state index contributed by atoms with van der Waals surface area (Å²) in [4.78, 5) is 0. The fourth-order valence-electron chi connectivity index (χ4n) is 9.16. The molecule has 1 aromatic carbocycles. The van der Waals surface area contributed by atoms with Crippen LogP contribution in [-0.2, 0) is 0 Å². The van der Waals surface area contributed by atoms with Crippen LogP contribution in [0, 0.1) is 29.6 Å². The molecular weight excluding hydrogens is 542 g/mol. The van der Waals surface area contributed by atoms with Crippen molar-refractivity contribution in [2.45, 2.75) is 89.5 Å². The molecule has 6 unspecified atom stereocenters. The quantitative estimate of drug-likeness (QED) is 0.210. The summed E-state index contributed by atoms with van der Waals surface area (Å²) in [5.74, 6) is 3.40. The van der Waals surface area contributed by atoms with E-state index < -0.39 is 0 Å². The smallest absolute Gasteiger partial charge is 0.0332 e. The van der Waals surface area contributed by atoms with Gasteiger partial charge < -0.3 is 5.32 Å². The van der Waals surface area contributed by atoms with Gasteiger partial charge in [-0.3, -0.25) is 0 Å². The molecule has 0 spiro atoms. The van der Waals surface area contributed by atoms with Gasteiger partial charge in [0.05, 0.1) is 0 Å². The van der Waals surface area contributed by atoms with E-state index in [0.717, 1.165) is 30.7 Å². The van der Waals surface area contributed by atoms with Gasteiger partial charge in [-0.15, -0.1) is 0 Å². The number of allylic oxidation sites excluding steroid dienone is 17. The van der Waals surface area contributed by atoms with Crippen LogP contribution in [0.1, 0.15) is 101 Å². The van der Waals surface area contributed by atoms with E-state index in [9.17, 15) is 0 Å². The Bertz CT molecular complexity index is 1480. The molecule has 1 heterocycles. The number of benzene rings is 1. The third kappa shape index (κ3) is 7.00. The van der Waals surface area contributed by atoms with Crippen molar-refractivity contribution >= 4 is 5.57 Å². The van der Waals surface area contributed by atoms with Gasteiger partial charge in [-0.25, -0.2) is 0 Å². The molecule has 1 saturated heterocycles. The summed E-state index contributed by atoms with van der Waals surface area (Å²) in [5, 5.41) is 3.61. The van der Waals surface area contributed by atoms with Crippen molar-refractivity contribution in [3.05, 3.63) is 137 Å². The minimum atomic E-state index is 0.470. The summed E-state index contributed by atoms with van der Waals surface area (Å²) >= 11 is 0. The van der Waals surface area contributed by atoms with Crippen LogP contribution in [0.25, 0.3) is 5.57 Å². The van der Waals surface area contributed by atoms with Gasteiger partial charge in [0.2, 0.25) is 0 Å². The van der Waals surface area contributed by atoms with Crippen LogP contribution in [-0.4, -0.2) is 6.54 Å². The molecule has 1 N–H and O–H groups in total. The molecule has 0 bridgehead atoms. The van der Waals surface area contributed by atoms with Gasteiger partial charge in [-0.05, 0) is 148 Å². The van der Waals surface area contributed by atoms with Crippen molar-refractivity contribution in [1.82, 2.24) is 5.32 Å². The van der Waals surface area contributed by atoms with Crippen LogP contribution in [0.4, 0.5) is 0 Å². The highest BCUT2D eigenvalue weighted by Crippen LogP contribution is 2.50. The van der Waals surface area contributed by atoms with Crippen molar-refractivity contribution in [2.24, 2.45) is 29.6 Å². The lowest BCUT2D eigenvalue weighted by molar-refractivity contribution is 0.205. The Hall–Kier alpha value is -3.16.